The van der Waals surface area contributed by atoms with Crippen molar-refractivity contribution in [2.75, 3.05) is 0 Å². The zero-order valence-electron chi connectivity index (χ0n) is 8.44. The number of rotatable bonds is 0. The summed E-state index contributed by atoms with van der Waals surface area (Å²) in [5, 5.41) is 1.90. The van der Waals surface area contributed by atoms with Crippen molar-refractivity contribution in [2.45, 2.75) is 0 Å². The van der Waals surface area contributed by atoms with E-state index in [1.807, 2.05) is 30.3 Å². The summed E-state index contributed by atoms with van der Waals surface area (Å²) in [6.07, 6.45) is 1.68. The molecular weight excluding hydrogens is 220 g/mol. The highest BCUT2D eigenvalue weighted by Crippen LogP contribution is 2.27. The molecule has 0 saturated carbocycles. The van der Waals surface area contributed by atoms with Gasteiger partial charge in [-0.2, -0.15) is 13.5 Å². The maximum atomic E-state index is 11.7. The van der Waals surface area contributed by atoms with Crippen molar-refractivity contribution in [3.63, 3.8) is 0 Å². The van der Waals surface area contributed by atoms with Gasteiger partial charge in [0.1, 0.15) is 5.76 Å². The van der Waals surface area contributed by atoms with E-state index in [9.17, 15) is 4.79 Å². The van der Waals surface area contributed by atoms with Gasteiger partial charge < -0.3 is 4.42 Å². The molecule has 16 heavy (non-hydrogen) atoms. The van der Waals surface area contributed by atoms with E-state index < -0.39 is 0 Å². The third-order valence-corrected chi connectivity index (χ3v) is 2.53. The van der Waals surface area contributed by atoms with Crippen LogP contribution >= 0.6 is 13.5 Å². The summed E-state index contributed by atoms with van der Waals surface area (Å²) < 4.78 is 5.41. The van der Waals surface area contributed by atoms with Crippen molar-refractivity contribution in [2.24, 2.45) is 0 Å². The van der Waals surface area contributed by atoms with E-state index in [0.717, 1.165) is 10.8 Å². The number of hydrogen-bond acceptors (Lipinski definition) is 2. The van der Waals surface area contributed by atoms with E-state index in [1.165, 1.54) is 0 Å². The average molecular weight is 230 g/mol. The molecule has 0 radical (unpaired) electrons. The van der Waals surface area contributed by atoms with Crippen LogP contribution < -0.4 is 5.43 Å². The molecule has 3 heteroatoms. The lowest BCUT2D eigenvalue weighted by Gasteiger charge is -2.06. The standard InChI is InChI=1S/C13H8O2.H2S/c14-11-6-3-7-12-13(11)10-5-2-1-4-9(10)8-15-12;/h1-8H;1H2. The molecule has 1 aliphatic heterocycles. The van der Waals surface area contributed by atoms with Crippen molar-refractivity contribution in [1.29, 1.82) is 0 Å². The molecule has 0 saturated heterocycles. The maximum Gasteiger partial charge on any atom is 0.190 e. The third kappa shape index (κ3) is 1.49. The fourth-order valence-electron chi connectivity index (χ4n) is 1.83. The van der Waals surface area contributed by atoms with Crippen LogP contribution in [0.25, 0.3) is 22.1 Å². The second-order valence-corrected chi connectivity index (χ2v) is 3.45. The summed E-state index contributed by atoms with van der Waals surface area (Å²) in [5.74, 6) is 0.640. The fourth-order valence-corrected chi connectivity index (χ4v) is 1.83. The van der Waals surface area contributed by atoms with Crippen LogP contribution in [-0.4, -0.2) is 0 Å². The Kier molecular flexibility index (Phi) is 2.71. The molecule has 1 aromatic carbocycles. The van der Waals surface area contributed by atoms with E-state index >= 15 is 0 Å². The van der Waals surface area contributed by atoms with Crippen LogP contribution in [0.3, 0.4) is 0 Å². The number of fused-ring (bicyclic) bond motifs is 3. The van der Waals surface area contributed by atoms with E-state index in [2.05, 4.69) is 0 Å². The molecule has 2 nitrogen and oxygen atoms in total. The molecule has 1 aromatic rings. The lowest BCUT2D eigenvalue weighted by Crippen LogP contribution is -2.03. The van der Waals surface area contributed by atoms with E-state index in [0.29, 0.717) is 11.3 Å². The summed E-state index contributed by atoms with van der Waals surface area (Å²) in [6, 6.07) is 12.8. The average Bonchev–Trinajstić information content (AvgIpc) is 2.29. The smallest absolute Gasteiger partial charge is 0.190 e. The molecule has 0 unspecified atom stereocenters. The van der Waals surface area contributed by atoms with Gasteiger partial charge in [0.25, 0.3) is 0 Å². The quantitative estimate of drug-likeness (QED) is 0.556. The van der Waals surface area contributed by atoms with Crippen molar-refractivity contribution >= 4 is 24.3 Å². The summed E-state index contributed by atoms with van der Waals surface area (Å²) in [4.78, 5) is 11.7. The van der Waals surface area contributed by atoms with Crippen molar-refractivity contribution in [1.82, 2.24) is 0 Å². The summed E-state index contributed by atoms with van der Waals surface area (Å²) in [5.41, 5.74) is 0.670. The first kappa shape index (κ1) is 10.8. The van der Waals surface area contributed by atoms with Gasteiger partial charge >= 0.3 is 0 Å². The molecular formula is C13H10O2S. The molecule has 1 heterocycles. The van der Waals surface area contributed by atoms with Gasteiger partial charge in [-0.05, 0) is 17.5 Å². The minimum absolute atomic E-state index is 0. The minimum Gasteiger partial charge on any atom is -0.464 e. The Morgan fingerprint density at radius 2 is 1.75 bits per heavy atom. The third-order valence-electron chi connectivity index (χ3n) is 2.53. The predicted molar refractivity (Wildman–Crippen MR) is 69.5 cm³/mol. The molecule has 0 spiro atoms. The van der Waals surface area contributed by atoms with Crippen LogP contribution in [0.2, 0.25) is 0 Å². The first-order chi connectivity index (χ1) is 7.36. The van der Waals surface area contributed by atoms with Gasteiger partial charge in [0, 0.05) is 5.39 Å². The van der Waals surface area contributed by atoms with Gasteiger partial charge in [-0.15, -0.1) is 0 Å². The molecule has 0 bridgehead atoms. The molecule has 1 aliphatic carbocycles. The van der Waals surface area contributed by atoms with Crippen LogP contribution in [0.5, 0.6) is 0 Å². The van der Waals surface area contributed by atoms with Gasteiger partial charge in [-0.25, -0.2) is 0 Å². The zero-order chi connectivity index (χ0) is 10.3. The molecule has 0 N–H and O–H groups in total. The van der Waals surface area contributed by atoms with Gasteiger partial charge in [0.15, 0.2) is 5.43 Å². The maximum absolute atomic E-state index is 11.7. The lowest BCUT2D eigenvalue weighted by molar-refractivity contribution is 0.572. The van der Waals surface area contributed by atoms with Crippen LogP contribution in [0, 0.1) is 0 Å². The Hall–Kier alpha value is -1.74. The zero-order valence-corrected chi connectivity index (χ0v) is 9.44. The van der Waals surface area contributed by atoms with Gasteiger partial charge in [-0.1, -0.05) is 30.3 Å². The molecule has 3 rings (SSSR count). The van der Waals surface area contributed by atoms with E-state index in [-0.39, 0.29) is 18.9 Å². The van der Waals surface area contributed by atoms with Crippen molar-refractivity contribution in [3.05, 3.63) is 59.0 Å². The minimum atomic E-state index is 0. The van der Waals surface area contributed by atoms with E-state index in [1.54, 1.807) is 18.4 Å². The molecule has 0 atom stereocenters. The molecule has 0 fully saturated rings. The topological polar surface area (TPSA) is 30.2 Å². The monoisotopic (exact) mass is 230 g/mol. The Bertz CT molecular complexity index is 657. The molecule has 2 aliphatic rings. The lowest BCUT2D eigenvalue weighted by atomic mass is 10.0. The Balaban J connectivity index is 0.000000963. The largest absolute Gasteiger partial charge is 0.464 e. The highest BCUT2D eigenvalue weighted by molar-refractivity contribution is 7.59. The van der Waals surface area contributed by atoms with Gasteiger partial charge in [0.05, 0.1) is 11.8 Å². The molecule has 0 amide bonds. The van der Waals surface area contributed by atoms with Crippen molar-refractivity contribution in [3.8, 4) is 11.3 Å². The normalized spacial score (nSPS) is 10.2. The molecule has 80 valence electrons. The predicted octanol–water partition coefficient (Wildman–Crippen LogP) is 3.01. The first-order valence-electron chi connectivity index (χ1n) is 4.75. The summed E-state index contributed by atoms with van der Waals surface area (Å²) in [6.45, 7) is 0. The van der Waals surface area contributed by atoms with Crippen LogP contribution in [0.1, 0.15) is 0 Å². The van der Waals surface area contributed by atoms with Gasteiger partial charge in [0.2, 0.25) is 0 Å². The van der Waals surface area contributed by atoms with Crippen LogP contribution in [0.4, 0.5) is 0 Å². The van der Waals surface area contributed by atoms with Crippen molar-refractivity contribution < 1.29 is 4.42 Å². The Labute approximate surface area is 99.3 Å². The first-order valence-corrected chi connectivity index (χ1v) is 4.75. The summed E-state index contributed by atoms with van der Waals surface area (Å²) >= 11 is 0. The second kappa shape index (κ2) is 4.02. The number of benzene rings is 2. The number of hydrogen-bond donors (Lipinski definition) is 0. The van der Waals surface area contributed by atoms with Gasteiger partial charge in [-0.3, -0.25) is 4.79 Å². The van der Waals surface area contributed by atoms with Crippen LogP contribution in [-0.2, 0) is 0 Å². The highest BCUT2D eigenvalue weighted by Gasteiger charge is 2.10. The second-order valence-electron chi connectivity index (χ2n) is 3.45. The SMILES string of the molecule is O=c1cccc2occ3ccccc3c1-2.S. The molecule has 0 aromatic heterocycles. The van der Waals surface area contributed by atoms with E-state index in [4.69, 9.17) is 4.42 Å². The summed E-state index contributed by atoms with van der Waals surface area (Å²) in [7, 11) is 0. The van der Waals surface area contributed by atoms with Crippen LogP contribution in [0.15, 0.2) is 57.9 Å². The Morgan fingerprint density at radius 3 is 2.62 bits per heavy atom. The Morgan fingerprint density at radius 1 is 0.938 bits per heavy atom. The highest BCUT2D eigenvalue weighted by atomic mass is 32.1. The fraction of sp³-hybridized carbons (Fsp3) is 0.